The first-order valence-corrected chi connectivity index (χ1v) is 14.9. The summed E-state index contributed by atoms with van der Waals surface area (Å²) in [5.74, 6) is -0.225. The van der Waals surface area contributed by atoms with Crippen LogP contribution in [0.3, 0.4) is 0 Å². The van der Waals surface area contributed by atoms with Crippen LogP contribution in [0.4, 0.5) is 21.5 Å². The van der Waals surface area contributed by atoms with E-state index in [9.17, 15) is 15.0 Å². The molecule has 0 amide bonds. The zero-order valence-corrected chi connectivity index (χ0v) is 25.3. The fourth-order valence-corrected chi connectivity index (χ4v) is 6.15. The van der Waals surface area contributed by atoms with Crippen molar-refractivity contribution in [3.8, 4) is 5.75 Å². The Balaban J connectivity index is 1.18. The zero-order chi connectivity index (χ0) is 31.0. The largest absolute Gasteiger partial charge is 0.497 e. The Morgan fingerprint density at radius 1 is 1.11 bits per heavy atom. The lowest BCUT2D eigenvalue weighted by Crippen LogP contribution is -2.51. The van der Waals surface area contributed by atoms with Crippen LogP contribution in [0.1, 0.15) is 24.2 Å². The lowest BCUT2D eigenvalue weighted by molar-refractivity contribution is -0.133. The van der Waals surface area contributed by atoms with E-state index in [0.29, 0.717) is 50.8 Å². The number of methoxy groups -OCH3 is 1. The number of nitrogens with zero attached hydrogens (tertiary/aromatic N) is 7. The van der Waals surface area contributed by atoms with Gasteiger partial charge in [0.05, 0.1) is 25.0 Å². The van der Waals surface area contributed by atoms with E-state index in [2.05, 4.69) is 14.8 Å². The second-order valence-corrected chi connectivity index (χ2v) is 11.2. The first-order chi connectivity index (χ1) is 21.3. The number of thiol groups is 1. The Kier molecular flexibility index (Phi) is 8.34. The molecular formula is C31H34FN7O4S. The van der Waals surface area contributed by atoms with Crippen molar-refractivity contribution < 1.29 is 24.1 Å². The number of aromatic nitrogens is 1. The van der Waals surface area contributed by atoms with E-state index in [0.717, 1.165) is 22.8 Å². The number of carboxylic acid groups (broad SMARTS) is 1. The summed E-state index contributed by atoms with van der Waals surface area (Å²) in [5.41, 5.74) is 2.53. The number of pyridine rings is 1. The molecular weight excluding hydrogens is 585 g/mol. The first kappa shape index (κ1) is 29.7. The number of hydrazone groups is 1. The standard InChI is InChI=1S/C31H34FN7O4S/c1-3-36-18-24(30(41)42)28(40)23-15-25(32)27(16-26(23)36)37-13-11-35(12-14-37)19-38-31(44)39(21-6-8-22(43-2)9-7-21)29(34-38)20-5-4-10-33-17-20/h4-10,15-18,28,31,40,44H,3,11-14,19H2,1-2H3,(H,41,42). The molecule has 11 nitrogen and oxygen atoms in total. The molecule has 2 N–H and O–H groups in total. The summed E-state index contributed by atoms with van der Waals surface area (Å²) in [5, 5.41) is 27.0. The molecule has 0 spiro atoms. The Morgan fingerprint density at radius 2 is 1.86 bits per heavy atom. The van der Waals surface area contributed by atoms with Crippen molar-refractivity contribution in [2.24, 2.45) is 5.10 Å². The summed E-state index contributed by atoms with van der Waals surface area (Å²) in [7, 11) is 1.63. The predicted molar refractivity (Wildman–Crippen MR) is 170 cm³/mol. The third kappa shape index (κ3) is 5.53. The minimum atomic E-state index is -1.39. The SMILES string of the molecule is CCN1C=C(C(=O)O)C(O)c2cc(F)c(N3CCN(CN4N=C(c5cccnc5)N(c5ccc(OC)cc5)C4S)CC3)cc21. The van der Waals surface area contributed by atoms with Gasteiger partial charge in [-0.1, -0.05) is 0 Å². The minimum Gasteiger partial charge on any atom is -0.497 e. The Morgan fingerprint density at radius 3 is 2.50 bits per heavy atom. The van der Waals surface area contributed by atoms with Crippen LogP contribution in [-0.2, 0) is 4.79 Å². The molecule has 0 bridgehead atoms. The highest BCUT2D eigenvalue weighted by molar-refractivity contribution is 7.81. The average molecular weight is 620 g/mol. The van der Waals surface area contributed by atoms with E-state index in [1.54, 1.807) is 30.5 Å². The number of halogens is 1. The molecule has 0 aliphatic carbocycles. The maximum absolute atomic E-state index is 15.4. The first-order valence-electron chi connectivity index (χ1n) is 14.4. The van der Waals surface area contributed by atoms with Gasteiger partial charge < -0.3 is 24.7 Å². The predicted octanol–water partition coefficient (Wildman–Crippen LogP) is 3.55. The topological polar surface area (TPSA) is 108 Å². The summed E-state index contributed by atoms with van der Waals surface area (Å²) in [6, 6.07) is 14.6. The highest BCUT2D eigenvalue weighted by Crippen LogP contribution is 2.40. The van der Waals surface area contributed by atoms with Gasteiger partial charge in [-0.05, 0) is 55.5 Å². The number of ether oxygens (including phenoxy) is 1. The summed E-state index contributed by atoms with van der Waals surface area (Å²) in [6.45, 7) is 5.35. The maximum Gasteiger partial charge on any atom is 0.336 e. The molecule has 1 aromatic heterocycles. The number of hydrogen-bond donors (Lipinski definition) is 3. The normalized spacial score (nSPS) is 20.4. The Bertz CT molecular complexity index is 1580. The highest BCUT2D eigenvalue weighted by Gasteiger charge is 2.36. The number of hydrogen-bond acceptors (Lipinski definition) is 11. The van der Waals surface area contributed by atoms with Crippen LogP contribution >= 0.6 is 12.6 Å². The van der Waals surface area contributed by atoms with Crippen LogP contribution in [0.5, 0.6) is 5.75 Å². The van der Waals surface area contributed by atoms with Crippen LogP contribution in [0.15, 0.2) is 77.8 Å². The van der Waals surface area contributed by atoms with Gasteiger partial charge in [-0.15, -0.1) is 12.6 Å². The van der Waals surface area contributed by atoms with Crippen LogP contribution in [0, 0.1) is 5.82 Å². The van der Waals surface area contributed by atoms with Crippen LogP contribution < -0.4 is 19.4 Å². The molecule has 230 valence electrons. The van der Waals surface area contributed by atoms with Gasteiger partial charge in [-0.2, -0.15) is 5.10 Å². The van der Waals surface area contributed by atoms with Crippen LogP contribution in [0.25, 0.3) is 0 Å². The minimum absolute atomic E-state index is 0.176. The monoisotopic (exact) mass is 619 g/mol. The van der Waals surface area contributed by atoms with Crippen LogP contribution in [-0.4, -0.2) is 88.9 Å². The number of rotatable bonds is 8. The van der Waals surface area contributed by atoms with Gasteiger partial charge in [0.15, 0.2) is 11.3 Å². The molecule has 2 atom stereocenters. The number of aliphatic carboxylic acids is 1. The third-order valence-corrected chi connectivity index (χ3v) is 8.65. The van der Waals surface area contributed by atoms with Crippen molar-refractivity contribution in [1.29, 1.82) is 0 Å². The number of amidine groups is 1. The molecule has 3 aromatic rings. The van der Waals surface area contributed by atoms with Crippen molar-refractivity contribution in [3.63, 3.8) is 0 Å². The number of carboxylic acids is 1. The van der Waals surface area contributed by atoms with E-state index in [4.69, 9.17) is 22.5 Å². The molecule has 44 heavy (non-hydrogen) atoms. The summed E-state index contributed by atoms with van der Waals surface area (Å²) < 4.78 is 20.8. The van der Waals surface area contributed by atoms with Crippen molar-refractivity contribution >= 4 is 41.5 Å². The smallest absolute Gasteiger partial charge is 0.336 e. The molecule has 3 aliphatic rings. The lowest BCUT2D eigenvalue weighted by Gasteiger charge is -2.39. The van der Waals surface area contributed by atoms with Gasteiger partial charge in [0.25, 0.3) is 0 Å². The number of fused-ring (bicyclic) bond motifs is 1. The van der Waals surface area contributed by atoms with E-state index in [-0.39, 0.29) is 16.6 Å². The van der Waals surface area contributed by atoms with Crippen molar-refractivity contribution in [2.45, 2.75) is 18.5 Å². The third-order valence-electron chi connectivity index (χ3n) is 8.15. The molecule has 13 heteroatoms. The van der Waals surface area contributed by atoms with Crippen molar-refractivity contribution in [3.05, 3.63) is 89.6 Å². The number of anilines is 3. The fourth-order valence-electron chi connectivity index (χ4n) is 5.78. The molecule has 1 saturated heterocycles. The maximum atomic E-state index is 15.4. The second kappa shape index (κ2) is 12.3. The number of piperazine rings is 1. The quantitative estimate of drug-likeness (QED) is 0.324. The van der Waals surface area contributed by atoms with Crippen molar-refractivity contribution in [1.82, 2.24) is 14.9 Å². The van der Waals surface area contributed by atoms with E-state index >= 15 is 4.39 Å². The number of aliphatic hydroxyl groups is 1. The summed E-state index contributed by atoms with van der Waals surface area (Å²) >= 11 is 4.96. The Labute approximate surface area is 260 Å². The van der Waals surface area contributed by atoms with Gasteiger partial charge in [0, 0.05) is 73.8 Å². The van der Waals surface area contributed by atoms with Gasteiger partial charge in [-0.3, -0.25) is 14.8 Å². The number of carbonyl (C=O) groups is 1. The Hall–Kier alpha value is -4.33. The van der Waals surface area contributed by atoms with Crippen molar-refractivity contribution in [2.75, 3.05) is 61.2 Å². The van der Waals surface area contributed by atoms with Gasteiger partial charge in [0.1, 0.15) is 17.7 Å². The fraction of sp³-hybridized carbons (Fsp3) is 0.323. The summed E-state index contributed by atoms with van der Waals surface area (Å²) in [4.78, 5) is 23.9. The highest BCUT2D eigenvalue weighted by atomic mass is 32.1. The molecule has 0 radical (unpaired) electrons. The summed E-state index contributed by atoms with van der Waals surface area (Å²) in [6.07, 6.45) is 3.54. The van der Waals surface area contributed by atoms with Gasteiger partial charge >= 0.3 is 5.97 Å². The molecule has 2 unspecified atom stereocenters. The molecule has 6 rings (SSSR count). The molecule has 4 heterocycles. The van der Waals surface area contributed by atoms with Gasteiger partial charge in [0.2, 0.25) is 0 Å². The van der Waals surface area contributed by atoms with E-state index in [1.165, 1.54) is 12.3 Å². The zero-order valence-electron chi connectivity index (χ0n) is 24.4. The van der Waals surface area contributed by atoms with E-state index in [1.807, 2.05) is 53.2 Å². The van der Waals surface area contributed by atoms with Crippen LogP contribution in [0.2, 0.25) is 0 Å². The molecule has 3 aliphatic heterocycles. The average Bonchev–Trinajstić information content (AvgIpc) is 3.37. The molecule has 0 saturated carbocycles. The number of aliphatic hydroxyl groups excluding tert-OH is 1. The lowest BCUT2D eigenvalue weighted by atomic mass is 9.95. The second-order valence-electron chi connectivity index (χ2n) is 10.7. The van der Waals surface area contributed by atoms with E-state index < -0.39 is 17.9 Å². The molecule has 1 fully saturated rings. The molecule has 2 aromatic carbocycles. The number of benzene rings is 2. The van der Waals surface area contributed by atoms with Gasteiger partial charge in [-0.25, -0.2) is 14.2 Å².